The van der Waals surface area contributed by atoms with Crippen LogP contribution in [0.25, 0.3) is 0 Å². The van der Waals surface area contributed by atoms with Gasteiger partial charge < -0.3 is 4.80 Å². The zero-order valence-electron chi connectivity index (χ0n) is 4.86. The zero-order valence-corrected chi connectivity index (χ0v) is 6.67. The van der Waals surface area contributed by atoms with E-state index in [1.165, 1.54) is 0 Å². The van der Waals surface area contributed by atoms with Gasteiger partial charge in [-0.2, -0.15) is 0 Å². The fourth-order valence-electron chi connectivity index (χ4n) is 0. The van der Waals surface area contributed by atoms with Crippen molar-refractivity contribution in [3.63, 3.8) is 0 Å². The topological polar surface area (TPSA) is 20.2 Å². The Kier molecular flexibility index (Phi) is 2.10. The molecule has 0 radical (unpaired) electrons. The molecule has 0 bridgehead atoms. The average Bonchev–Trinajstić information content (AvgIpc) is 1.31. The van der Waals surface area contributed by atoms with Gasteiger partial charge in [0, 0.05) is 4.49 Å². The van der Waals surface area contributed by atoms with Crippen molar-refractivity contribution in [2.24, 2.45) is 0 Å². The second kappa shape index (κ2) is 2.02. The predicted octanol–water partition coefficient (Wildman–Crippen LogP) is 1.11. The molecule has 0 heterocycles. The Morgan fingerprint density at radius 1 is 1.57 bits per heavy atom. The highest BCUT2D eigenvalue weighted by Crippen LogP contribution is 1.97. The summed E-state index contributed by atoms with van der Waals surface area (Å²) in [6, 6.07) is 0. The Balaban J connectivity index is 3.79. The lowest BCUT2D eigenvalue weighted by molar-refractivity contribution is 0.573. The lowest BCUT2D eigenvalue weighted by Crippen LogP contribution is -2.33. The van der Waals surface area contributed by atoms with Crippen molar-refractivity contribution < 1.29 is 4.80 Å². The highest BCUT2D eigenvalue weighted by molar-refractivity contribution is 7.84. The first-order valence-corrected chi connectivity index (χ1v) is 5.53. The molecule has 3 heteroatoms. The van der Waals surface area contributed by atoms with E-state index < -0.39 is 8.32 Å². The van der Waals surface area contributed by atoms with Gasteiger partial charge in [-0.25, -0.2) is 0 Å². The van der Waals surface area contributed by atoms with Crippen LogP contribution in [0, 0.1) is 0 Å². The molecule has 0 aromatic carbocycles. The van der Waals surface area contributed by atoms with Gasteiger partial charge in [0.2, 0.25) is 8.32 Å². The van der Waals surface area contributed by atoms with Gasteiger partial charge >= 0.3 is 0 Å². The summed E-state index contributed by atoms with van der Waals surface area (Å²) in [4.78, 5) is 9.09. The summed E-state index contributed by atoms with van der Waals surface area (Å²) in [5, 5.41) is 0. The van der Waals surface area contributed by atoms with Gasteiger partial charge in [-0.3, -0.25) is 0 Å². The summed E-state index contributed by atoms with van der Waals surface area (Å²) < 4.78 is 0.771. The maximum atomic E-state index is 9.09. The second-order valence-corrected chi connectivity index (χ2v) is 6.96. The van der Waals surface area contributed by atoms with Crippen LogP contribution in [-0.4, -0.2) is 17.6 Å². The first-order chi connectivity index (χ1) is 2.94. The third-order valence-corrected chi connectivity index (χ3v) is 4.08. The van der Waals surface area contributed by atoms with Crippen molar-refractivity contribution in [1.82, 2.24) is 0 Å². The Labute approximate surface area is 50.5 Å². The molecule has 0 atom stereocenters. The van der Waals surface area contributed by atoms with Crippen LogP contribution in [0.3, 0.4) is 0 Å². The van der Waals surface area contributed by atoms with Crippen LogP contribution in [0.1, 0.15) is 6.92 Å². The van der Waals surface area contributed by atoms with Gasteiger partial charge in [0.15, 0.2) is 0 Å². The zero-order chi connectivity index (χ0) is 6.08. The molecular formula is C4H10OSSi. The van der Waals surface area contributed by atoms with Crippen molar-refractivity contribution in [3.05, 3.63) is 0 Å². The molecule has 0 aliphatic heterocycles. The van der Waals surface area contributed by atoms with Gasteiger partial charge in [0.25, 0.3) is 0 Å². The third kappa shape index (κ3) is 2.91. The summed E-state index contributed by atoms with van der Waals surface area (Å²) in [6.45, 7) is 5.42. The molecule has 42 valence electrons. The standard InChI is InChI=1S/C4H10OSSi/c1-4(6)7(2,3)5/h5H,1-3H3. The number of rotatable bonds is 1. The minimum absolute atomic E-state index is 0.771. The third-order valence-electron chi connectivity index (χ3n) is 0.862. The van der Waals surface area contributed by atoms with Crippen LogP contribution in [-0.2, 0) is 0 Å². The first-order valence-electron chi connectivity index (χ1n) is 2.18. The van der Waals surface area contributed by atoms with Crippen LogP contribution in [0.5, 0.6) is 0 Å². The van der Waals surface area contributed by atoms with Crippen molar-refractivity contribution >= 4 is 25.0 Å². The van der Waals surface area contributed by atoms with Crippen molar-refractivity contribution in [3.8, 4) is 0 Å². The Bertz CT molecular complexity index is 84.2. The highest BCUT2D eigenvalue weighted by Gasteiger charge is 2.18. The SMILES string of the molecule is CC(=S)[Si](C)(C)O. The average molecular weight is 134 g/mol. The summed E-state index contributed by atoms with van der Waals surface area (Å²) in [5.74, 6) is 0. The molecule has 7 heavy (non-hydrogen) atoms. The molecular weight excluding hydrogens is 124 g/mol. The maximum Gasteiger partial charge on any atom is 0.220 e. The highest BCUT2D eigenvalue weighted by atomic mass is 32.1. The Morgan fingerprint density at radius 3 is 1.71 bits per heavy atom. The van der Waals surface area contributed by atoms with Gasteiger partial charge in [0.05, 0.1) is 0 Å². The summed E-state index contributed by atoms with van der Waals surface area (Å²) in [7, 11) is -2.00. The number of hydrogen-bond donors (Lipinski definition) is 1. The molecule has 1 nitrogen and oxygen atoms in total. The lowest BCUT2D eigenvalue weighted by Gasteiger charge is -2.09. The van der Waals surface area contributed by atoms with E-state index in [-0.39, 0.29) is 0 Å². The van der Waals surface area contributed by atoms with E-state index in [9.17, 15) is 0 Å². The Hall–Kier alpha value is 0.267. The lowest BCUT2D eigenvalue weighted by atomic mass is 11.0. The minimum Gasteiger partial charge on any atom is -0.427 e. The van der Waals surface area contributed by atoms with Gasteiger partial charge in [-0.1, -0.05) is 12.2 Å². The largest absolute Gasteiger partial charge is 0.427 e. The van der Waals surface area contributed by atoms with E-state index >= 15 is 0 Å². The molecule has 0 saturated carbocycles. The van der Waals surface area contributed by atoms with Crippen molar-refractivity contribution in [2.75, 3.05) is 0 Å². The van der Waals surface area contributed by atoms with Crippen LogP contribution < -0.4 is 0 Å². The van der Waals surface area contributed by atoms with Crippen LogP contribution in [0.4, 0.5) is 0 Å². The molecule has 0 unspecified atom stereocenters. The van der Waals surface area contributed by atoms with Crippen LogP contribution in [0.2, 0.25) is 13.1 Å². The second-order valence-electron chi connectivity index (χ2n) is 2.12. The van der Waals surface area contributed by atoms with E-state index in [1.807, 2.05) is 13.1 Å². The van der Waals surface area contributed by atoms with Gasteiger partial charge in [0.1, 0.15) is 0 Å². The van der Waals surface area contributed by atoms with Gasteiger partial charge in [-0.05, 0) is 20.0 Å². The normalized spacial score (nSPS) is 11.4. The first kappa shape index (κ1) is 7.27. The summed E-state index contributed by atoms with van der Waals surface area (Å²) in [6.07, 6.45) is 0. The molecule has 0 rings (SSSR count). The maximum absolute atomic E-state index is 9.09. The van der Waals surface area contributed by atoms with E-state index in [0.717, 1.165) is 4.49 Å². The molecule has 1 N–H and O–H groups in total. The van der Waals surface area contributed by atoms with E-state index in [2.05, 4.69) is 0 Å². The molecule has 0 aliphatic carbocycles. The minimum atomic E-state index is -2.00. The summed E-state index contributed by atoms with van der Waals surface area (Å²) in [5.41, 5.74) is 0. The van der Waals surface area contributed by atoms with Crippen molar-refractivity contribution in [1.29, 1.82) is 0 Å². The van der Waals surface area contributed by atoms with E-state index in [0.29, 0.717) is 0 Å². The molecule has 0 aromatic rings. The Morgan fingerprint density at radius 2 is 1.71 bits per heavy atom. The quantitative estimate of drug-likeness (QED) is 0.428. The van der Waals surface area contributed by atoms with Gasteiger partial charge in [-0.15, -0.1) is 0 Å². The molecule has 0 amide bonds. The van der Waals surface area contributed by atoms with E-state index in [4.69, 9.17) is 17.0 Å². The number of thiocarbonyl (C=S) groups is 1. The molecule has 0 spiro atoms. The molecule has 0 aliphatic rings. The fourth-order valence-corrected chi connectivity index (χ4v) is 0. The fraction of sp³-hybridized carbons (Fsp3) is 0.750. The summed E-state index contributed by atoms with van der Waals surface area (Å²) >= 11 is 4.74. The van der Waals surface area contributed by atoms with Crippen molar-refractivity contribution in [2.45, 2.75) is 20.0 Å². The number of hydrogen-bond acceptors (Lipinski definition) is 2. The molecule has 0 fully saturated rings. The molecule has 0 aromatic heterocycles. The molecule has 0 saturated heterocycles. The predicted molar refractivity (Wildman–Crippen MR) is 38.0 cm³/mol. The van der Waals surface area contributed by atoms with Crippen LogP contribution in [0.15, 0.2) is 0 Å². The van der Waals surface area contributed by atoms with E-state index in [1.54, 1.807) is 6.92 Å². The smallest absolute Gasteiger partial charge is 0.220 e. The monoisotopic (exact) mass is 134 g/mol. The van der Waals surface area contributed by atoms with Crippen LogP contribution >= 0.6 is 12.2 Å².